The molecule has 0 bridgehead atoms. The van der Waals surface area contributed by atoms with Crippen molar-refractivity contribution in [2.75, 3.05) is 9.80 Å². The van der Waals surface area contributed by atoms with Gasteiger partial charge in [-0.2, -0.15) is 0 Å². The van der Waals surface area contributed by atoms with Gasteiger partial charge >= 0.3 is 0 Å². The average molecular weight is 813 g/mol. The molecular weight excluding hydrogens is 761 g/mol. The molecule has 0 aliphatic heterocycles. The van der Waals surface area contributed by atoms with E-state index < -0.39 is 0 Å². The van der Waals surface area contributed by atoms with Crippen LogP contribution in [0.2, 0.25) is 0 Å². The third kappa shape index (κ3) is 6.47. The highest BCUT2D eigenvalue weighted by molar-refractivity contribution is 6.19. The Bertz CT molecular complexity index is 3130. The summed E-state index contributed by atoms with van der Waals surface area (Å²) in [6.07, 6.45) is 18.3. The van der Waals surface area contributed by atoms with Crippen molar-refractivity contribution in [3.63, 3.8) is 0 Å². The fourth-order valence-electron chi connectivity index (χ4n) is 10.8. The molecule has 0 amide bonds. The van der Waals surface area contributed by atoms with Crippen molar-refractivity contribution in [2.24, 2.45) is 5.92 Å². The molecule has 0 saturated carbocycles. The Labute approximate surface area is 372 Å². The number of rotatable bonds is 7. The first kappa shape index (κ1) is 38.7. The Balaban J connectivity index is 0.00000144. The highest BCUT2D eigenvalue weighted by Gasteiger charge is 2.38. The molecule has 8 aromatic carbocycles. The van der Waals surface area contributed by atoms with Crippen molar-refractivity contribution in [2.45, 2.75) is 51.9 Å². The molecule has 306 valence electrons. The van der Waals surface area contributed by atoms with Crippen molar-refractivity contribution in [1.29, 1.82) is 0 Å². The van der Waals surface area contributed by atoms with Gasteiger partial charge in [-0.3, -0.25) is 0 Å². The van der Waals surface area contributed by atoms with Gasteiger partial charge in [0, 0.05) is 38.9 Å². The largest absolute Gasteiger partial charge is 0.310 e. The Morgan fingerprint density at radius 3 is 1.70 bits per heavy atom. The van der Waals surface area contributed by atoms with Gasteiger partial charge in [-0.05, 0) is 141 Å². The van der Waals surface area contributed by atoms with Crippen LogP contribution in [0.15, 0.2) is 206 Å². The summed E-state index contributed by atoms with van der Waals surface area (Å²) >= 11 is 0. The lowest BCUT2D eigenvalue weighted by Crippen LogP contribution is -2.23. The number of para-hydroxylation sites is 2. The average Bonchev–Trinajstić information content (AvgIpc) is 3.83. The number of hydrogen-bond acceptors (Lipinski definition) is 2. The van der Waals surface area contributed by atoms with Crippen LogP contribution >= 0.6 is 0 Å². The molecule has 4 aliphatic carbocycles. The van der Waals surface area contributed by atoms with Gasteiger partial charge in [0.15, 0.2) is 0 Å². The lowest BCUT2D eigenvalue weighted by atomic mass is 9.76. The molecule has 2 heteroatoms. The quantitative estimate of drug-likeness (QED) is 0.158. The summed E-state index contributed by atoms with van der Waals surface area (Å²) in [6.45, 7) is 6.62. The lowest BCUT2D eigenvalue weighted by Gasteiger charge is -2.30. The van der Waals surface area contributed by atoms with Gasteiger partial charge in [0.05, 0.1) is 11.4 Å². The first-order valence-corrected chi connectivity index (χ1v) is 22.8. The SMILES string of the molecule is CC1CC=CC2=C1c1cccc3c(N(c4ccccc4)c4ccc(-c5ccc(N(c6ccccc6)c6ccc7c8c(cccc68)CC76C=CC=CC6)cc5)cc4)ccc2c13.CCC. The van der Waals surface area contributed by atoms with Crippen molar-refractivity contribution in [3.8, 4) is 11.1 Å². The summed E-state index contributed by atoms with van der Waals surface area (Å²) in [5.74, 6) is 0.513. The van der Waals surface area contributed by atoms with Crippen LogP contribution in [0, 0.1) is 5.92 Å². The number of nitrogens with zero attached hydrogens (tertiary/aromatic N) is 2. The summed E-state index contributed by atoms with van der Waals surface area (Å²) in [6, 6.07) is 63.0. The normalized spacial score (nSPS) is 17.6. The van der Waals surface area contributed by atoms with Crippen LogP contribution in [0.4, 0.5) is 34.1 Å². The molecule has 2 nitrogen and oxygen atoms in total. The van der Waals surface area contributed by atoms with Gasteiger partial charge in [-0.1, -0.05) is 173 Å². The Morgan fingerprint density at radius 1 is 0.524 bits per heavy atom. The van der Waals surface area contributed by atoms with E-state index in [1.807, 2.05) is 0 Å². The van der Waals surface area contributed by atoms with E-state index in [-0.39, 0.29) is 5.41 Å². The lowest BCUT2D eigenvalue weighted by molar-refractivity contribution is 0.557. The second-order valence-electron chi connectivity index (χ2n) is 17.7. The second-order valence-corrected chi connectivity index (χ2v) is 17.7. The molecule has 12 rings (SSSR count). The molecule has 4 aliphatic rings. The summed E-state index contributed by atoms with van der Waals surface area (Å²) in [4.78, 5) is 4.85. The zero-order chi connectivity index (χ0) is 42.5. The predicted molar refractivity (Wildman–Crippen MR) is 270 cm³/mol. The van der Waals surface area contributed by atoms with Crippen molar-refractivity contribution >= 4 is 66.8 Å². The Morgan fingerprint density at radius 2 is 1.10 bits per heavy atom. The number of allylic oxidation sites excluding steroid dienone is 8. The molecule has 0 aromatic heterocycles. The molecule has 0 N–H and O–H groups in total. The van der Waals surface area contributed by atoms with E-state index in [0.29, 0.717) is 5.92 Å². The summed E-state index contributed by atoms with van der Waals surface area (Å²) in [7, 11) is 0. The molecule has 8 aromatic rings. The minimum absolute atomic E-state index is 0.0468. The predicted octanol–water partition coefficient (Wildman–Crippen LogP) is 17.1. The number of benzene rings is 8. The van der Waals surface area contributed by atoms with Gasteiger partial charge in [-0.15, -0.1) is 0 Å². The van der Waals surface area contributed by atoms with Crippen molar-refractivity contribution in [1.82, 2.24) is 0 Å². The fraction of sp³-hybridized carbons (Fsp3) is 0.148. The molecule has 63 heavy (non-hydrogen) atoms. The zero-order valence-electron chi connectivity index (χ0n) is 36.4. The summed E-state index contributed by atoms with van der Waals surface area (Å²) in [5.41, 5.74) is 17.9. The van der Waals surface area contributed by atoms with E-state index >= 15 is 0 Å². The standard InChI is InChI=1S/C58H44N2.C3H8/c1-39-14-11-20-47-48-32-34-53(50-22-13-23-51(55(39)47)57(48)50)59(43-16-5-2-6-17-43)45-28-24-40(25-29-45)41-26-30-46(31-27-41)60(44-18-7-3-8-19-44)54-35-33-52-56-42(15-12-21-49(54)56)38-58(52)36-9-4-10-37-58;1-3-2/h2-13,15-36,39H,14,37-38H2,1H3;3H2,1-2H3. The van der Waals surface area contributed by atoms with Crippen LogP contribution in [0.25, 0.3) is 43.8 Å². The van der Waals surface area contributed by atoms with E-state index in [1.165, 1.54) is 83.9 Å². The van der Waals surface area contributed by atoms with E-state index in [1.54, 1.807) is 0 Å². The maximum atomic E-state index is 2.43. The minimum Gasteiger partial charge on any atom is -0.310 e. The smallest absolute Gasteiger partial charge is 0.0540 e. The van der Waals surface area contributed by atoms with Crippen molar-refractivity contribution < 1.29 is 0 Å². The first-order valence-electron chi connectivity index (χ1n) is 22.8. The summed E-state index contributed by atoms with van der Waals surface area (Å²) < 4.78 is 0. The highest BCUT2D eigenvalue weighted by atomic mass is 15.1. The van der Waals surface area contributed by atoms with Gasteiger partial charge in [-0.25, -0.2) is 0 Å². The Kier molecular flexibility index (Phi) is 9.81. The maximum Gasteiger partial charge on any atom is 0.0540 e. The first-order chi connectivity index (χ1) is 31.1. The van der Waals surface area contributed by atoms with Gasteiger partial charge in [0.25, 0.3) is 0 Å². The second kappa shape index (κ2) is 15.9. The molecule has 0 saturated heterocycles. The van der Waals surface area contributed by atoms with Crippen molar-refractivity contribution in [3.05, 3.63) is 229 Å². The van der Waals surface area contributed by atoms with Crippen LogP contribution < -0.4 is 9.80 Å². The van der Waals surface area contributed by atoms with Crippen LogP contribution in [0.5, 0.6) is 0 Å². The van der Waals surface area contributed by atoms with Crippen LogP contribution in [-0.2, 0) is 11.8 Å². The summed E-state index contributed by atoms with van der Waals surface area (Å²) in [5, 5.41) is 5.38. The molecule has 2 unspecified atom stereocenters. The van der Waals surface area contributed by atoms with Crippen LogP contribution in [0.1, 0.15) is 62.3 Å². The van der Waals surface area contributed by atoms with Crippen LogP contribution in [-0.4, -0.2) is 0 Å². The Hall–Kier alpha value is -7.16. The number of hydrogen-bond donors (Lipinski definition) is 0. The van der Waals surface area contributed by atoms with E-state index in [4.69, 9.17) is 0 Å². The molecule has 2 atom stereocenters. The third-order valence-corrected chi connectivity index (χ3v) is 13.5. The third-order valence-electron chi connectivity index (χ3n) is 13.5. The van der Waals surface area contributed by atoms with Gasteiger partial charge in [0.2, 0.25) is 0 Å². The maximum absolute atomic E-state index is 2.43. The number of fused-ring (bicyclic) bond motifs is 3. The minimum atomic E-state index is 0.0468. The molecule has 0 radical (unpaired) electrons. The molecule has 0 fully saturated rings. The fourth-order valence-corrected chi connectivity index (χ4v) is 10.8. The van der Waals surface area contributed by atoms with Gasteiger partial charge < -0.3 is 9.80 Å². The topological polar surface area (TPSA) is 6.48 Å². The molecule has 1 spiro atoms. The molecule has 0 heterocycles. The van der Waals surface area contributed by atoms with E-state index in [9.17, 15) is 0 Å². The van der Waals surface area contributed by atoms with Crippen LogP contribution in [0.3, 0.4) is 0 Å². The van der Waals surface area contributed by atoms with Gasteiger partial charge in [0.1, 0.15) is 0 Å². The highest BCUT2D eigenvalue weighted by Crippen LogP contribution is 2.53. The zero-order valence-corrected chi connectivity index (χ0v) is 36.4. The monoisotopic (exact) mass is 812 g/mol. The van der Waals surface area contributed by atoms with E-state index in [0.717, 1.165) is 42.0 Å². The number of anilines is 6. The molecular formula is C61H52N2. The van der Waals surface area contributed by atoms with E-state index in [2.05, 4.69) is 237 Å².